The van der Waals surface area contributed by atoms with Crippen LogP contribution < -0.4 is 9.47 Å². The van der Waals surface area contributed by atoms with Crippen molar-refractivity contribution in [3.8, 4) is 11.5 Å². The fourth-order valence-corrected chi connectivity index (χ4v) is 1.89. The Morgan fingerprint density at radius 3 is 2.58 bits per heavy atom. The number of rotatable bonds is 7. The SMILES string of the molecule is CCCOc1cc(Br)c(/C=C/C(=O)O)cc1OCC. The first kappa shape index (κ1) is 15.6. The van der Waals surface area contributed by atoms with Gasteiger partial charge in [0, 0.05) is 10.5 Å². The molecule has 0 amide bonds. The first-order chi connectivity index (χ1) is 9.08. The van der Waals surface area contributed by atoms with Crippen molar-refractivity contribution in [3.63, 3.8) is 0 Å². The lowest BCUT2D eigenvalue weighted by Gasteiger charge is -2.13. The number of benzene rings is 1. The van der Waals surface area contributed by atoms with Crippen LogP contribution in [-0.2, 0) is 4.79 Å². The molecule has 0 unspecified atom stereocenters. The molecule has 1 N–H and O–H groups in total. The van der Waals surface area contributed by atoms with Gasteiger partial charge in [-0.3, -0.25) is 0 Å². The Morgan fingerprint density at radius 1 is 1.32 bits per heavy atom. The van der Waals surface area contributed by atoms with E-state index < -0.39 is 5.97 Å². The van der Waals surface area contributed by atoms with Crippen molar-refractivity contribution in [3.05, 3.63) is 28.2 Å². The summed E-state index contributed by atoms with van der Waals surface area (Å²) < 4.78 is 11.9. The molecule has 1 aromatic carbocycles. The molecular weight excluding hydrogens is 312 g/mol. The maximum Gasteiger partial charge on any atom is 0.328 e. The molecule has 0 spiro atoms. The summed E-state index contributed by atoms with van der Waals surface area (Å²) >= 11 is 3.39. The van der Waals surface area contributed by atoms with Crippen molar-refractivity contribution in [2.24, 2.45) is 0 Å². The number of aliphatic carboxylic acids is 1. The summed E-state index contributed by atoms with van der Waals surface area (Å²) in [6, 6.07) is 3.56. The number of ether oxygens (including phenoxy) is 2. The molecule has 0 fully saturated rings. The number of hydrogen-bond acceptors (Lipinski definition) is 3. The van der Waals surface area contributed by atoms with Gasteiger partial charge in [0.15, 0.2) is 11.5 Å². The van der Waals surface area contributed by atoms with Gasteiger partial charge in [-0.2, -0.15) is 0 Å². The normalized spacial score (nSPS) is 10.7. The summed E-state index contributed by atoms with van der Waals surface area (Å²) in [4.78, 5) is 10.5. The lowest BCUT2D eigenvalue weighted by Crippen LogP contribution is -2.00. The van der Waals surface area contributed by atoms with Gasteiger partial charge in [-0.15, -0.1) is 0 Å². The Hall–Kier alpha value is -1.49. The van der Waals surface area contributed by atoms with Crippen molar-refractivity contribution in [1.29, 1.82) is 0 Å². The number of carboxylic acid groups (broad SMARTS) is 1. The molecule has 0 atom stereocenters. The van der Waals surface area contributed by atoms with Crippen molar-refractivity contribution in [1.82, 2.24) is 0 Å². The molecule has 1 aromatic rings. The second-order valence-corrected chi connectivity index (χ2v) is 4.63. The van der Waals surface area contributed by atoms with Crippen molar-refractivity contribution in [2.45, 2.75) is 20.3 Å². The zero-order chi connectivity index (χ0) is 14.3. The van der Waals surface area contributed by atoms with Crippen LogP contribution in [0.25, 0.3) is 6.08 Å². The molecule has 0 bridgehead atoms. The third kappa shape index (κ3) is 4.95. The molecule has 5 heteroatoms. The summed E-state index contributed by atoms with van der Waals surface area (Å²) in [5.74, 6) is 0.281. The second-order valence-electron chi connectivity index (χ2n) is 3.77. The van der Waals surface area contributed by atoms with Crippen molar-refractivity contribution < 1.29 is 19.4 Å². The molecule has 0 radical (unpaired) electrons. The quantitative estimate of drug-likeness (QED) is 0.775. The first-order valence-electron chi connectivity index (χ1n) is 6.08. The molecule has 0 aromatic heterocycles. The van der Waals surface area contributed by atoms with Crippen molar-refractivity contribution >= 4 is 28.0 Å². The fraction of sp³-hybridized carbons (Fsp3) is 0.357. The molecule has 0 heterocycles. The summed E-state index contributed by atoms with van der Waals surface area (Å²) in [7, 11) is 0. The molecular formula is C14H17BrO4. The lowest BCUT2D eigenvalue weighted by molar-refractivity contribution is -0.131. The summed E-state index contributed by atoms with van der Waals surface area (Å²) in [5, 5.41) is 8.65. The van der Waals surface area contributed by atoms with Crippen LogP contribution in [0.15, 0.2) is 22.7 Å². The van der Waals surface area contributed by atoms with Gasteiger partial charge in [-0.1, -0.05) is 22.9 Å². The van der Waals surface area contributed by atoms with Crippen LogP contribution in [0, 0.1) is 0 Å². The zero-order valence-electron chi connectivity index (χ0n) is 11.0. The number of halogens is 1. The van der Waals surface area contributed by atoms with E-state index in [1.165, 1.54) is 6.08 Å². The van der Waals surface area contributed by atoms with E-state index in [-0.39, 0.29) is 0 Å². The predicted molar refractivity (Wildman–Crippen MR) is 77.8 cm³/mol. The van der Waals surface area contributed by atoms with E-state index >= 15 is 0 Å². The van der Waals surface area contributed by atoms with E-state index in [2.05, 4.69) is 15.9 Å². The third-order valence-electron chi connectivity index (χ3n) is 2.23. The Labute approximate surface area is 121 Å². The Kier molecular flexibility index (Phi) is 6.42. The molecule has 19 heavy (non-hydrogen) atoms. The highest BCUT2D eigenvalue weighted by Gasteiger charge is 2.09. The Balaban J connectivity index is 3.08. The van der Waals surface area contributed by atoms with E-state index in [9.17, 15) is 4.79 Å². The van der Waals surface area contributed by atoms with Crippen LogP contribution in [0.4, 0.5) is 0 Å². The zero-order valence-corrected chi connectivity index (χ0v) is 12.6. The minimum absolute atomic E-state index is 0.520. The van der Waals surface area contributed by atoms with Gasteiger partial charge in [0.05, 0.1) is 13.2 Å². The summed E-state index contributed by atoms with van der Waals surface area (Å²) in [5.41, 5.74) is 0.731. The molecule has 0 saturated heterocycles. The monoisotopic (exact) mass is 328 g/mol. The molecule has 0 aliphatic rings. The largest absolute Gasteiger partial charge is 0.490 e. The van der Waals surface area contributed by atoms with Gasteiger partial charge >= 0.3 is 5.97 Å². The van der Waals surface area contributed by atoms with Crippen LogP contribution >= 0.6 is 15.9 Å². The smallest absolute Gasteiger partial charge is 0.328 e. The van der Waals surface area contributed by atoms with E-state index in [1.54, 1.807) is 12.1 Å². The van der Waals surface area contributed by atoms with Gasteiger partial charge < -0.3 is 14.6 Å². The highest BCUT2D eigenvalue weighted by Crippen LogP contribution is 2.34. The average molecular weight is 329 g/mol. The van der Waals surface area contributed by atoms with Crippen LogP contribution in [0.2, 0.25) is 0 Å². The molecule has 0 saturated carbocycles. The Morgan fingerprint density at radius 2 is 2.00 bits per heavy atom. The van der Waals surface area contributed by atoms with Crippen LogP contribution in [0.3, 0.4) is 0 Å². The molecule has 0 aliphatic heterocycles. The predicted octanol–water partition coefficient (Wildman–Crippen LogP) is 3.73. The van der Waals surface area contributed by atoms with Crippen LogP contribution in [0.1, 0.15) is 25.8 Å². The maximum absolute atomic E-state index is 10.5. The summed E-state index contributed by atoms with van der Waals surface area (Å²) in [6.07, 6.45) is 3.50. The van der Waals surface area contributed by atoms with Crippen LogP contribution in [-0.4, -0.2) is 24.3 Å². The summed E-state index contributed by atoms with van der Waals surface area (Å²) in [6.45, 7) is 5.04. The standard InChI is InChI=1S/C14H17BrO4/c1-3-7-19-13-9-11(15)10(5-6-14(16)17)8-12(13)18-4-2/h5-6,8-9H,3-4,7H2,1-2H3,(H,16,17)/b6-5+. The van der Waals surface area contributed by atoms with E-state index in [1.807, 2.05) is 13.8 Å². The van der Waals surface area contributed by atoms with Gasteiger partial charge in [0.2, 0.25) is 0 Å². The minimum Gasteiger partial charge on any atom is -0.490 e. The van der Waals surface area contributed by atoms with Gasteiger partial charge in [-0.05, 0) is 37.1 Å². The minimum atomic E-state index is -0.990. The van der Waals surface area contributed by atoms with Gasteiger partial charge in [0.1, 0.15) is 0 Å². The van der Waals surface area contributed by atoms with E-state index in [4.69, 9.17) is 14.6 Å². The fourth-order valence-electron chi connectivity index (χ4n) is 1.43. The maximum atomic E-state index is 10.5. The van der Waals surface area contributed by atoms with E-state index in [0.29, 0.717) is 24.7 Å². The van der Waals surface area contributed by atoms with Gasteiger partial charge in [-0.25, -0.2) is 4.79 Å². The van der Waals surface area contributed by atoms with E-state index in [0.717, 1.165) is 22.5 Å². The average Bonchev–Trinajstić information content (AvgIpc) is 2.37. The highest BCUT2D eigenvalue weighted by atomic mass is 79.9. The first-order valence-corrected chi connectivity index (χ1v) is 6.87. The topological polar surface area (TPSA) is 55.8 Å². The number of carboxylic acids is 1. The Bertz CT molecular complexity index is 469. The van der Waals surface area contributed by atoms with Crippen molar-refractivity contribution in [2.75, 3.05) is 13.2 Å². The lowest BCUT2D eigenvalue weighted by atomic mass is 10.2. The highest BCUT2D eigenvalue weighted by molar-refractivity contribution is 9.10. The van der Waals surface area contributed by atoms with Crippen LogP contribution in [0.5, 0.6) is 11.5 Å². The molecule has 104 valence electrons. The number of carbonyl (C=O) groups is 1. The molecule has 1 rings (SSSR count). The molecule has 4 nitrogen and oxygen atoms in total. The molecule has 0 aliphatic carbocycles. The number of hydrogen-bond donors (Lipinski definition) is 1. The second kappa shape index (κ2) is 7.84. The third-order valence-corrected chi connectivity index (χ3v) is 2.92. The van der Waals surface area contributed by atoms with Gasteiger partial charge in [0.25, 0.3) is 0 Å².